The van der Waals surface area contributed by atoms with Crippen LogP contribution in [0.4, 0.5) is 0 Å². The highest BCUT2D eigenvalue weighted by atomic mass is 16.5. The maximum Gasteiger partial charge on any atom is 0.226 e. The number of amides is 1. The van der Waals surface area contributed by atoms with Crippen LogP contribution >= 0.6 is 0 Å². The van der Waals surface area contributed by atoms with Gasteiger partial charge in [-0.3, -0.25) is 4.79 Å². The molecule has 5 aliphatic rings. The van der Waals surface area contributed by atoms with Gasteiger partial charge in [0.2, 0.25) is 5.91 Å². The molecule has 0 saturated heterocycles. The Morgan fingerprint density at radius 3 is 2.28 bits per heavy atom. The maximum absolute atomic E-state index is 14.0. The minimum Gasteiger partial charge on any atom is -0.393 e. The minimum absolute atomic E-state index is 0.105. The molecule has 5 aliphatic carbocycles. The van der Waals surface area contributed by atoms with E-state index < -0.39 is 0 Å². The summed E-state index contributed by atoms with van der Waals surface area (Å²) in [6, 6.07) is 0. The molecule has 5 saturated carbocycles. The molecule has 5 rings (SSSR count). The van der Waals surface area contributed by atoms with Crippen LogP contribution in [-0.2, 0) is 9.53 Å². The maximum atomic E-state index is 14.0. The van der Waals surface area contributed by atoms with Crippen LogP contribution in [0.5, 0.6) is 0 Å². The summed E-state index contributed by atoms with van der Waals surface area (Å²) in [6.45, 7) is 21.7. The Morgan fingerprint density at radius 2 is 1.62 bits per heavy atom. The summed E-state index contributed by atoms with van der Waals surface area (Å²) < 4.78 is 5.90. The van der Waals surface area contributed by atoms with E-state index in [1.807, 2.05) is 6.92 Å². The summed E-state index contributed by atoms with van der Waals surface area (Å²) in [5, 5.41) is 14.1. The Balaban J connectivity index is 0.00000112. The van der Waals surface area contributed by atoms with Crippen molar-refractivity contribution >= 4 is 5.91 Å². The van der Waals surface area contributed by atoms with Gasteiger partial charge in [0.15, 0.2) is 0 Å². The lowest BCUT2D eigenvalue weighted by Gasteiger charge is -2.67. The second-order valence-electron chi connectivity index (χ2n) is 15.8. The van der Waals surface area contributed by atoms with Crippen LogP contribution < -0.4 is 5.32 Å². The SMILES string of the molecule is C=CC.CC(C)OCC(C)(C)NC(=O)[C@]12CCCC1C1CCC3C(C)(CCC4[C@@H](C)[C@@H](O)CC[C@@]43C)C1CC2. The largest absolute Gasteiger partial charge is 0.393 e. The van der Waals surface area contributed by atoms with Crippen molar-refractivity contribution in [2.24, 2.45) is 51.8 Å². The van der Waals surface area contributed by atoms with Gasteiger partial charge in [-0.2, -0.15) is 0 Å². The van der Waals surface area contributed by atoms with Crippen molar-refractivity contribution in [3.63, 3.8) is 0 Å². The van der Waals surface area contributed by atoms with Gasteiger partial charge in [0, 0.05) is 0 Å². The Kier molecular flexibility index (Phi) is 9.10. The van der Waals surface area contributed by atoms with Gasteiger partial charge in [0.25, 0.3) is 0 Å². The molecule has 224 valence electrons. The molecule has 4 heteroatoms. The molecule has 2 N–H and O–H groups in total. The minimum atomic E-state index is -0.334. The molecule has 4 nitrogen and oxygen atoms in total. The number of carbonyl (C=O) groups excluding carboxylic acids is 1. The number of aliphatic hydroxyl groups is 1. The number of carbonyl (C=O) groups is 1. The lowest BCUT2D eigenvalue weighted by atomic mass is 9.37. The van der Waals surface area contributed by atoms with E-state index in [0.29, 0.717) is 47.0 Å². The van der Waals surface area contributed by atoms with Gasteiger partial charge >= 0.3 is 0 Å². The van der Waals surface area contributed by atoms with Crippen molar-refractivity contribution in [1.82, 2.24) is 5.32 Å². The van der Waals surface area contributed by atoms with Crippen molar-refractivity contribution < 1.29 is 14.6 Å². The van der Waals surface area contributed by atoms with Crippen LogP contribution in [0, 0.1) is 51.8 Å². The molecule has 39 heavy (non-hydrogen) atoms. The second-order valence-corrected chi connectivity index (χ2v) is 15.8. The van der Waals surface area contributed by atoms with Crippen molar-refractivity contribution in [2.45, 2.75) is 144 Å². The molecule has 1 amide bonds. The highest BCUT2D eigenvalue weighted by Gasteiger charge is 2.65. The summed E-state index contributed by atoms with van der Waals surface area (Å²) in [4.78, 5) is 14.0. The van der Waals surface area contributed by atoms with Gasteiger partial charge in [-0.05, 0) is 145 Å². The van der Waals surface area contributed by atoms with Crippen molar-refractivity contribution in [1.29, 1.82) is 0 Å². The monoisotopic (exact) mass is 543 g/mol. The molecule has 0 radical (unpaired) electrons. The normalized spacial score (nSPS) is 45.1. The number of aliphatic hydroxyl groups excluding tert-OH is 1. The highest BCUT2D eigenvalue weighted by Crippen LogP contribution is 2.71. The molecular weight excluding hydrogens is 482 g/mol. The Morgan fingerprint density at radius 1 is 1.00 bits per heavy atom. The molecule has 6 unspecified atom stereocenters. The highest BCUT2D eigenvalue weighted by molar-refractivity contribution is 5.84. The third-order valence-corrected chi connectivity index (χ3v) is 12.8. The smallest absolute Gasteiger partial charge is 0.226 e. The summed E-state index contributed by atoms with van der Waals surface area (Å²) in [6.07, 6.45) is 15.1. The van der Waals surface area contributed by atoms with E-state index in [-0.39, 0.29) is 23.2 Å². The zero-order valence-electron chi connectivity index (χ0n) is 26.7. The predicted octanol–water partition coefficient (Wildman–Crippen LogP) is 7.93. The van der Waals surface area contributed by atoms with E-state index in [0.717, 1.165) is 31.1 Å². The molecule has 10 atom stereocenters. The molecule has 0 heterocycles. The standard InChI is InChI=1S/C32H55NO3.C3H6/c1-20(2)36-19-29(4,5)33-28(35)32-15-8-9-25(32)22-10-11-27-30(6)17-14-26(34)21(3)23(30)12-16-31(27,7)24(22)13-18-32;1-3-2/h20-27,34H,8-19H2,1-7H3,(H,33,35);3H,1H2,2H3/t21-,22?,23?,24?,25?,26+,27?,30+,31?,32+;/m1./s1. The molecule has 0 aliphatic heterocycles. The summed E-state index contributed by atoms with van der Waals surface area (Å²) in [5.74, 6) is 4.22. The molecule has 0 aromatic rings. The van der Waals surface area contributed by atoms with Gasteiger partial charge in [-0.1, -0.05) is 33.3 Å². The molecule has 0 aromatic carbocycles. The fourth-order valence-electron chi connectivity index (χ4n) is 11.1. The molecular formula is C35H61NO3. The summed E-state index contributed by atoms with van der Waals surface area (Å²) >= 11 is 0. The van der Waals surface area contributed by atoms with Gasteiger partial charge in [0.1, 0.15) is 0 Å². The zero-order chi connectivity index (χ0) is 28.8. The van der Waals surface area contributed by atoms with Gasteiger partial charge in [-0.15, -0.1) is 6.58 Å². The third-order valence-electron chi connectivity index (χ3n) is 12.8. The average Bonchev–Trinajstić information content (AvgIpc) is 3.32. The third kappa shape index (κ3) is 5.40. The van der Waals surface area contributed by atoms with Crippen LogP contribution in [0.3, 0.4) is 0 Å². The Hall–Kier alpha value is -0.870. The number of hydrogen-bond donors (Lipinski definition) is 2. The van der Waals surface area contributed by atoms with E-state index in [4.69, 9.17) is 4.74 Å². The zero-order valence-corrected chi connectivity index (χ0v) is 26.7. The van der Waals surface area contributed by atoms with E-state index in [1.54, 1.807) is 6.08 Å². The fourth-order valence-corrected chi connectivity index (χ4v) is 11.1. The summed E-state index contributed by atoms with van der Waals surface area (Å²) in [7, 11) is 0. The van der Waals surface area contributed by atoms with Crippen LogP contribution in [-0.4, -0.2) is 35.4 Å². The first-order chi connectivity index (χ1) is 18.3. The van der Waals surface area contributed by atoms with E-state index in [1.165, 1.54) is 51.4 Å². The topological polar surface area (TPSA) is 58.6 Å². The number of hydrogen-bond acceptors (Lipinski definition) is 3. The first kappa shape index (κ1) is 31.1. The van der Waals surface area contributed by atoms with Crippen molar-refractivity contribution in [3.05, 3.63) is 12.7 Å². The van der Waals surface area contributed by atoms with E-state index >= 15 is 0 Å². The Labute approximate surface area is 240 Å². The van der Waals surface area contributed by atoms with Crippen LogP contribution in [0.15, 0.2) is 12.7 Å². The summed E-state index contributed by atoms with van der Waals surface area (Å²) in [5.41, 5.74) is 0.271. The second kappa shape index (κ2) is 11.4. The van der Waals surface area contributed by atoms with Crippen LogP contribution in [0.1, 0.15) is 126 Å². The van der Waals surface area contributed by atoms with Crippen molar-refractivity contribution in [3.8, 4) is 0 Å². The van der Waals surface area contributed by atoms with Crippen molar-refractivity contribution in [2.75, 3.05) is 6.61 Å². The fraction of sp³-hybridized carbons (Fsp3) is 0.914. The Bertz CT molecular complexity index is 883. The van der Waals surface area contributed by atoms with E-state index in [9.17, 15) is 9.90 Å². The van der Waals surface area contributed by atoms with Crippen LogP contribution in [0.2, 0.25) is 0 Å². The molecule has 0 spiro atoms. The first-order valence-electron chi connectivity index (χ1n) is 16.4. The first-order valence-corrected chi connectivity index (χ1v) is 16.4. The van der Waals surface area contributed by atoms with Gasteiger partial charge in [0.05, 0.1) is 29.8 Å². The quantitative estimate of drug-likeness (QED) is 0.346. The predicted molar refractivity (Wildman–Crippen MR) is 161 cm³/mol. The lowest BCUT2D eigenvalue weighted by Crippen LogP contribution is -2.62. The molecule has 0 bridgehead atoms. The van der Waals surface area contributed by atoms with Crippen LogP contribution in [0.25, 0.3) is 0 Å². The lowest BCUT2D eigenvalue weighted by molar-refractivity contribution is -0.196. The molecule has 0 aromatic heterocycles. The number of allylic oxidation sites excluding steroid dienone is 1. The van der Waals surface area contributed by atoms with E-state index in [2.05, 4.69) is 60.4 Å². The number of fused-ring (bicyclic) bond motifs is 7. The average molecular weight is 544 g/mol. The number of nitrogens with one attached hydrogen (secondary N) is 1. The molecule has 5 fully saturated rings. The van der Waals surface area contributed by atoms with Gasteiger partial charge < -0.3 is 15.2 Å². The van der Waals surface area contributed by atoms with Gasteiger partial charge in [-0.25, -0.2) is 0 Å². The number of rotatable bonds is 5. The number of ether oxygens (including phenoxy) is 1.